The molecule has 13 heavy (non-hydrogen) atoms. The number of nitrogens with two attached hydrogens (primary N) is 1. The first-order chi connectivity index (χ1) is 6.16. The van der Waals surface area contributed by atoms with Crippen LogP contribution in [-0.2, 0) is 4.79 Å². The minimum atomic E-state index is 0.239. The second-order valence-electron chi connectivity index (χ2n) is 3.87. The number of hydrogen-bond acceptors (Lipinski definition) is 2. The molecule has 1 atom stereocenters. The summed E-state index contributed by atoms with van der Waals surface area (Å²) in [5, 5.41) is 0. The van der Waals surface area contributed by atoms with Gasteiger partial charge in [-0.3, -0.25) is 4.79 Å². The van der Waals surface area contributed by atoms with Gasteiger partial charge in [-0.15, -0.1) is 0 Å². The quantitative estimate of drug-likeness (QED) is 0.591. The van der Waals surface area contributed by atoms with Gasteiger partial charge in [0.25, 0.3) is 0 Å². The van der Waals surface area contributed by atoms with Crippen LogP contribution < -0.4 is 5.73 Å². The average Bonchev–Trinajstić information content (AvgIpc) is 2.04. The van der Waals surface area contributed by atoms with Crippen molar-refractivity contribution in [1.82, 2.24) is 0 Å². The van der Waals surface area contributed by atoms with Gasteiger partial charge in [-0.05, 0) is 26.2 Å². The smallest absolute Gasteiger partial charge is 0.132 e. The zero-order valence-corrected chi connectivity index (χ0v) is 9.01. The van der Waals surface area contributed by atoms with Crippen molar-refractivity contribution < 1.29 is 4.79 Å². The number of ketones is 1. The van der Waals surface area contributed by atoms with Crippen LogP contribution >= 0.6 is 0 Å². The molecule has 0 radical (unpaired) electrons. The molecule has 0 heterocycles. The van der Waals surface area contributed by atoms with E-state index < -0.39 is 0 Å². The summed E-state index contributed by atoms with van der Waals surface area (Å²) in [6.07, 6.45) is 6.86. The summed E-state index contributed by atoms with van der Waals surface area (Å²) in [7, 11) is 0. The normalized spacial score (nSPS) is 12.8. The molecule has 1 unspecified atom stereocenters. The molecule has 0 saturated heterocycles. The minimum absolute atomic E-state index is 0.239. The summed E-state index contributed by atoms with van der Waals surface area (Å²) in [5.74, 6) is 0.411. The Morgan fingerprint density at radius 1 is 1.23 bits per heavy atom. The van der Waals surface area contributed by atoms with Crippen molar-refractivity contribution >= 4 is 5.78 Å². The highest BCUT2D eigenvalue weighted by molar-refractivity contribution is 5.78. The number of carbonyl (C=O) groups excluding carboxylic acids is 1. The van der Waals surface area contributed by atoms with Gasteiger partial charge in [0.2, 0.25) is 0 Å². The standard InChI is InChI=1S/C11H23NO/c1-3-4-5-8-11(13)9-6-7-10(2)12/h10H,3-9,12H2,1-2H3. The SMILES string of the molecule is CCCCCC(=O)CCCC(C)N. The fraction of sp³-hybridized carbons (Fsp3) is 0.909. The third kappa shape index (κ3) is 9.54. The van der Waals surface area contributed by atoms with Crippen molar-refractivity contribution in [1.29, 1.82) is 0 Å². The lowest BCUT2D eigenvalue weighted by Gasteiger charge is -2.03. The molecule has 0 amide bonds. The van der Waals surface area contributed by atoms with Crippen LogP contribution in [0.4, 0.5) is 0 Å². The highest BCUT2D eigenvalue weighted by Gasteiger charge is 2.02. The highest BCUT2D eigenvalue weighted by atomic mass is 16.1. The van der Waals surface area contributed by atoms with Gasteiger partial charge < -0.3 is 5.73 Å². The van der Waals surface area contributed by atoms with E-state index in [-0.39, 0.29) is 6.04 Å². The van der Waals surface area contributed by atoms with Crippen LogP contribution in [0.2, 0.25) is 0 Å². The van der Waals surface area contributed by atoms with Crippen molar-refractivity contribution in [2.75, 3.05) is 0 Å². The number of carbonyl (C=O) groups is 1. The molecule has 0 saturated carbocycles. The molecule has 0 fully saturated rings. The van der Waals surface area contributed by atoms with E-state index in [4.69, 9.17) is 5.73 Å². The number of rotatable bonds is 8. The van der Waals surface area contributed by atoms with E-state index >= 15 is 0 Å². The van der Waals surface area contributed by atoms with Crippen LogP contribution in [0.1, 0.15) is 58.8 Å². The van der Waals surface area contributed by atoms with Gasteiger partial charge >= 0.3 is 0 Å². The van der Waals surface area contributed by atoms with E-state index in [2.05, 4.69) is 6.92 Å². The van der Waals surface area contributed by atoms with E-state index in [1.54, 1.807) is 0 Å². The lowest BCUT2D eigenvalue weighted by atomic mass is 10.1. The fourth-order valence-electron chi connectivity index (χ4n) is 1.32. The fourth-order valence-corrected chi connectivity index (χ4v) is 1.32. The maximum Gasteiger partial charge on any atom is 0.132 e. The van der Waals surface area contributed by atoms with Crippen molar-refractivity contribution in [2.24, 2.45) is 5.73 Å². The summed E-state index contributed by atoms with van der Waals surface area (Å²) in [4.78, 5) is 11.3. The maximum absolute atomic E-state index is 11.3. The van der Waals surface area contributed by atoms with Crippen LogP contribution in [0.25, 0.3) is 0 Å². The summed E-state index contributed by atoms with van der Waals surface area (Å²) in [6.45, 7) is 4.14. The topological polar surface area (TPSA) is 43.1 Å². The molecule has 0 aliphatic carbocycles. The number of Topliss-reactive ketones (excluding diaryl/α,β-unsaturated/α-hetero) is 1. The predicted molar refractivity (Wildman–Crippen MR) is 56.6 cm³/mol. The third-order valence-electron chi connectivity index (χ3n) is 2.17. The van der Waals surface area contributed by atoms with Gasteiger partial charge in [0.1, 0.15) is 5.78 Å². The molecular weight excluding hydrogens is 162 g/mol. The Kier molecular flexibility index (Phi) is 8.00. The van der Waals surface area contributed by atoms with Crippen LogP contribution in [0, 0.1) is 0 Å². The van der Waals surface area contributed by atoms with Gasteiger partial charge in [0, 0.05) is 18.9 Å². The average molecular weight is 185 g/mol. The van der Waals surface area contributed by atoms with Crippen LogP contribution in [-0.4, -0.2) is 11.8 Å². The first kappa shape index (κ1) is 12.6. The second kappa shape index (κ2) is 8.24. The predicted octanol–water partition coefficient (Wildman–Crippen LogP) is 2.65. The molecule has 0 rings (SSSR count). The lowest BCUT2D eigenvalue weighted by molar-refractivity contribution is -0.119. The Labute approximate surface area is 81.9 Å². The Morgan fingerprint density at radius 2 is 1.85 bits per heavy atom. The van der Waals surface area contributed by atoms with Gasteiger partial charge in [0.15, 0.2) is 0 Å². The lowest BCUT2D eigenvalue weighted by Crippen LogP contribution is -2.14. The Morgan fingerprint density at radius 3 is 2.38 bits per heavy atom. The molecule has 0 aromatic rings. The van der Waals surface area contributed by atoms with Crippen molar-refractivity contribution in [2.45, 2.75) is 64.8 Å². The molecule has 0 bridgehead atoms. The molecule has 0 aliphatic rings. The van der Waals surface area contributed by atoms with Crippen LogP contribution in [0.5, 0.6) is 0 Å². The van der Waals surface area contributed by atoms with E-state index in [0.717, 1.165) is 32.1 Å². The van der Waals surface area contributed by atoms with E-state index in [9.17, 15) is 4.79 Å². The summed E-state index contributed by atoms with van der Waals surface area (Å²) >= 11 is 0. The van der Waals surface area contributed by atoms with E-state index in [1.807, 2.05) is 6.92 Å². The summed E-state index contributed by atoms with van der Waals surface area (Å²) < 4.78 is 0. The molecule has 2 nitrogen and oxygen atoms in total. The molecule has 2 heteroatoms. The maximum atomic E-state index is 11.3. The molecular formula is C11H23NO. The molecule has 0 aromatic carbocycles. The van der Waals surface area contributed by atoms with Gasteiger partial charge in [-0.1, -0.05) is 19.8 Å². The van der Waals surface area contributed by atoms with Crippen molar-refractivity contribution in [3.8, 4) is 0 Å². The van der Waals surface area contributed by atoms with Crippen molar-refractivity contribution in [3.63, 3.8) is 0 Å². The Hall–Kier alpha value is -0.370. The van der Waals surface area contributed by atoms with Gasteiger partial charge in [-0.2, -0.15) is 0 Å². The first-order valence-electron chi connectivity index (χ1n) is 5.44. The monoisotopic (exact) mass is 185 g/mol. The first-order valence-corrected chi connectivity index (χ1v) is 5.44. The van der Waals surface area contributed by atoms with E-state index in [1.165, 1.54) is 12.8 Å². The summed E-state index contributed by atoms with van der Waals surface area (Å²) in [5.41, 5.74) is 5.59. The zero-order valence-electron chi connectivity index (χ0n) is 9.01. The van der Waals surface area contributed by atoms with Crippen LogP contribution in [0.15, 0.2) is 0 Å². The highest BCUT2D eigenvalue weighted by Crippen LogP contribution is 2.05. The second-order valence-corrected chi connectivity index (χ2v) is 3.87. The largest absolute Gasteiger partial charge is 0.328 e. The van der Waals surface area contributed by atoms with Crippen molar-refractivity contribution in [3.05, 3.63) is 0 Å². The minimum Gasteiger partial charge on any atom is -0.328 e. The Bertz CT molecular complexity index is 132. The van der Waals surface area contributed by atoms with E-state index in [0.29, 0.717) is 5.78 Å². The molecule has 2 N–H and O–H groups in total. The van der Waals surface area contributed by atoms with Gasteiger partial charge in [-0.25, -0.2) is 0 Å². The molecule has 78 valence electrons. The molecule has 0 aromatic heterocycles. The Balaban J connectivity index is 3.20. The molecule has 0 aliphatic heterocycles. The van der Waals surface area contributed by atoms with Crippen LogP contribution in [0.3, 0.4) is 0 Å². The number of unbranched alkanes of at least 4 members (excludes halogenated alkanes) is 2. The summed E-state index contributed by atoms with van der Waals surface area (Å²) in [6, 6.07) is 0.239. The zero-order chi connectivity index (χ0) is 10.1. The molecule has 0 spiro atoms. The third-order valence-corrected chi connectivity index (χ3v) is 2.17. The van der Waals surface area contributed by atoms with Gasteiger partial charge in [0.05, 0.1) is 0 Å². The number of hydrogen-bond donors (Lipinski definition) is 1.